The molecule has 2 amide bonds. The van der Waals surface area contributed by atoms with Crippen LogP contribution in [0.15, 0.2) is 109 Å². The standard InChI is InChI=1S/C31H30N2O3/c1-32(22-25-9-5-3-6-10-25)30(34)21-24-13-17-28(18-14-24)33(31(35)27-11-7-4-8-12-27)23-26-15-19-29(36-2)20-16-26/h3-20H,21-23H2,1-2H3. The second-order valence-electron chi connectivity index (χ2n) is 8.68. The summed E-state index contributed by atoms with van der Waals surface area (Å²) in [6.45, 7) is 0.981. The Kier molecular flexibility index (Phi) is 8.14. The number of nitrogens with zero attached hydrogens (tertiary/aromatic N) is 2. The molecule has 4 aromatic carbocycles. The van der Waals surface area contributed by atoms with Gasteiger partial charge in [-0.2, -0.15) is 0 Å². The highest BCUT2D eigenvalue weighted by molar-refractivity contribution is 6.06. The second kappa shape index (κ2) is 11.8. The fraction of sp³-hybridized carbons (Fsp3) is 0.161. The van der Waals surface area contributed by atoms with Gasteiger partial charge in [-0.3, -0.25) is 9.59 Å². The summed E-state index contributed by atoms with van der Waals surface area (Å²) in [5.74, 6) is 0.728. The number of likely N-dealkylation sites (N-methyl/N-ethyl adjacent to an activating group) is 1. The number of rotatable bonds is 9. The van der Waals surface area contributed by atoms with Crippen molar-refractivity contribution in [2.24, 2.45) is 0 Å². The highest BCUT2D eigenvalue weighted by Gasteiger charge is 2.19. The third-order valence-electron chi connectivity index (χ3n) is 6.06. The molecule has 0 aliphatic carbocycles. The SMILES string of the molecule is COc1ccc(CN(C(=O)c2ccccc2)c2ccc(CC(=O)N(C)Cc3ccccc3)cc2)cc1. The van der Waals surface area contributed by atoms with Crippen LogP contribution in [-0.4, -0.2) is 30.9 Å². The minimum Gasteiger partial charge on any atom is -0.497 e. The van der Waals surface area contributed by atoms with Crippen molar-refractivity contribution < 1.29 is 14.3 Å². The third-order valence-corrected chi connectivity index (χ3v) is 6.06. The number of hydrogen-bond acceptors (Lipinski definition) is 3. The van der Waals surface area contributed by atoms with Crippen molar-refractivity contribution in [3.05, 3.63) is 131 Å². The van der Waals surface area contributed by atoms with Gasteiger partial charge in [0.2, 0.25) is 5.91 Å². The van der Waals surface area contributed by atoms with E-state index in [2.05, 4.69) is 0 Å². The molecule has 4 rings (SSSR count). The van der Waals surface area contributed by atoms with Crippen molar-refractivity contribution in [2.45, 2.75) is 19.5 Å². The third kappa shape index (κ3) is 6.39. The Morgan fingerprint density at radius 3 is 1.83 bits per heavy atom. The van der Waals surface area contributed by atoms with E-state index >= 15 is 0 Å². The van der Waals surface area contributed by atoms with Crippen molar-refractivity contribution >= 4 is 17.5 Å². The first-order valence-corrected chi connectivity index (χ1v) is 11.9. The van der Waals surface area contributed by atoms with Crippen LogP contribution in [0.1, 0.15) is 27.0 Å². The van der Waals surface area contributed by atoms with Gasteiger partial charge in [0.1, 0.15) is 5.75 Å². The molecule has 0 aromatic heterocycles. The Balaban J connectivity index is 1.50. The van der Waals surface area contributed by atoms with E-state index in [1.54, 1.807) is 16.9 Å². The molecule has 4 aromatic rings. The molecule has 182 valence electrons. The zero-order chi connectivity index (χ0) is 25.3. The predicted molar refractivity (Wildman–Crippen MR) is 143 cm³/mol. The maximum atomic E-state index is 13.4. The fourth-order valence-corrected chi connectivity index (χ4v) is 3.98. The molecular weight excluding hydrogens is 448 g/mol. The lowest BCUT2D eigenvalue weighted by atomic mass is 10.1. The van der Waals surface area contributed by atoms with Crippen LogP contribution in [0, 0.1) is 0 Å². The molecular formula is C31H30N2O3. The second-order valence-corrected chi connectivity index (χ2v) is 8.68. The van der Waals surface area contributed by atoms with Crippen LogP contribution in [0.25, 0.3) is 0 Å². The number of methoxy groups -OCH3 is 1. The molecule has 0 unspecified atom stereocenters. The lowest BCUT2D eigenvalue weighted by Gasteiger charge is -2.24. The van der Waals surface area contributed by atoms with Gasteiger partial charge in [0, 0.05) is 24.8 Å². The Hall–Kier alpha value is -4.38. The first kappa shape index (κ1) is 24.7. The Morgan fingerprint density at radius 2 is 1.22 bits per heavy atom. The maximum Gasteiger partial charge on any atom is 0.258 e. The molecule has 5 heteroatoms. The lowest BCUT2D eigenvalue weighted by molar-refractivity contribution is -0.129. The number of benzene rings is 4. The summed E-state index contributed by atoms with van der Waals surface area (Å²) >= 11 is 0. The molecule has 5 nitrogen and oxygen atoms in total. The number of amides is 2. The van der Waals surface area contributed by atoms with Crippen molar-refractivity contribution in [2.75, 3.05) is 19.1 Å². The molecule has 0 radical (unpaired) electrons. The van der Waals surface area contributed by atoms with Crippen molar-refractivity contribution in [1.82, 2.24) is 4.90 Å². The van der Waals surface area contributed by atoms with Crippen LogP contribution < -0.4 is 9.64 Å². The van der Waals surface area contributed by atoms with E-state index < -0.39 is 0 Å². The van der Waals surface area contributed by atoms with Gasteiger partial charge in [-0.15, -0.1) is 0 Å². The van der Waals surface area contributed by atoms with E-state index in [-0.39, 0.29) is 11.8 Å². The smallest absolute Gasteiger partial charge is 0.258 e. The highest BCUT2D eigenvalue weighted by atomic mass is 16.5. The summed E-state index contributed by atoms with van der Waals surface area (Å²) in [5, 5.41) is 0. The summed E-state index contributed by atoms with van der Waals surface area (Å²) in [7, 11) is 3.45. The molecule has 0 saturated heterocycles. The number of carbonyl (C=O) groups is 2. The first-order valence-electron chi connectivity index (χ1n) is 11.9. The minimum atomic E-state index is -0.0853. The largest absolute Gasteiger partial charge is 0.497 e. The van der Waals surface area contributed by atoms with Gasteiger partial charge in [-0.25, -0.2) is 0 Å². The number of anilines is 1. The first-order chi connectivity index (χ1) is 17.5. The van der Waals surface area contributed by atoms with Crippen LogP contribution in [0.2, 0.25) is 0 Å². The zero-order valence-electron chi connectivity index (χ0n) is 20.6. The van der Waals surface area contributed by atoms with Crippen molar-refractivity contribution in [1.29, 1.82) is 0 Å². The van der Waals surface area contributed by atoms with Gasteiger partial charge in [-0.05, 0) is 53.1 Å². The Bertz CT molecular complexity index is 1270. The van der Waals surface area contributed by atoms with E-state index in [1.165, 1.54) is 0 Å². The molecule has 36 heavy (non-hydrogen) atoms. The summed E-state index contributed by atoms with van der Waals surface area (Å²) in [6, 6.07) is 34.5. The van der Waals surface area contributed by atoms with Crippen LogP contribution in [0.5, 0.6) is 5.75 Å². The maximum absolute atomic E-state index is 13.4. The van der Waals surface area contributed by atoms with Crippen LogP contribution in [-0.2, 0) is 24.3 Å². The van der Waals surface area contributed by atoms with E-state index in [0.717, 1.165) is 28.1 Å². The molecule has 0 N–H and O–H groups in total. The molecule has 0 fully saturated rings. The van der Waals surface area contributed by atoms with Gasteiger partial charge >= 0.3 is 0 Å². The topological polar surface area (TPSA) is 49.9 Å². The zero-order valence-corrected chi connectivity index (χ0v) is 20.6. The molecule has 0 aliphatic rings. The van der Waals surface area contributed by atoms with Crippen LogP contribution >= 0.6 is 0 Å². The van der Waals surface area contributed by atoms with E-state index in [1.807, 2.05) is 116 Å². The molecule has 0 spiro atoms. The minimum absolute atomic E-state index is 0.0436. The average molecular weight is 479 g/mol. The quantitative estimate of drug-likeness (QED) is 0.308. The Labute approximate surface area is 212 Å². The molecule has 0 saturated carbocycles. The summed E-state index contributed by atoms with van der Waals surface area (Å²) < 4.78 is 5.26. The fourth-order valence-electron chi connectivity index (χ4n) is 3.98. The molecule has 0 aliphatic heterocycles. The van der Waals surface area contributed by atoms with Crippen LogP contribution in [0.3, 0.4) is 0 Å². The summed E-state index contributed by atoms with van der Waals surface area (Å²) in [5.41, 5.74) is 4.38. The lowest BCUT2D eigenvalue weighted by Crippen LogP contribution is -2.30. The Morgan fingerprint density at radius 1 is 0.667 bits per heavy atom. The van der Waals surface area contributed by atoms with Crippen molar-refractivity contribution in [3.63, 3.8) is 0 Å². The van der Waals surface area contributed by atoms with Crippen LogP contribution in [0.4, 0.5) is 5.69 Å². The van der Waals surface area contributed by atoms with Gasteiger partial charge in [0.25, 0.3) is 5.91 Å². The number of hydrogen-bond donors (Lipinski definition) is 0. The average Bonchev–Trinajstić information content (AvgIpc) is 2.93. The monoisotopic (exact) mass is 478 g/mol. The normalized spacial score (nSPS) is 10.5. The molecule has 0 atom stereocenters. The number of carbonyl (C=O) groups excluding carboxylic acids is 2. The van der Waals surface area contributed by atoms with E-state index in [0.29, 0.717) is 25.1 Å². The summed E-state index contributed by atoms with van der Waals surface area (Å²) in [6.07, 6.45) is 0.300. The van der Waals surface area contributed by atoms with Gasteiger partial charge < -0.3 is 14.5 Å². The van der Waals surface area contributed by atoms with E-state index in [4.69, 9.17) is 4.74 Å². The molecule has 0 bridgehead atoms. The van der Waals surface area contributed by atoms with Gasteiger partial charge in [0.15, 0.2) is 0 Å². The van der Waals surface area contributed by atoms with Gasteiger partial charge in [0.05, 0.1) is 20.1 Å². The molecule has 0 heterocycles. The van der Waals surface area contributed by atoms with Gasteiger partial charge in [-0.1, -0.05) is 72.8 Å². The number of ether oxygens (including phenoxy) is 1. The summed E-state index contributed by atoms with van der Waals surface area (Å²) in [4.78, 5) is 29.7. The van der Waals surface area contributed by atoms with E-state index in [9.17, 15) is 9.59 Å². The highest BCUT2D eigenvalue weighted by Crippen LogP contribution is 2.23. The predicted octanol–water partition coefficient (Wildman–Crippen LogP) is 5.74. The van der Waals surface area contributed by atoms with Crippen molar-refractivity contribution in [3.8, 4) is 5.75 Å².